The standard InChI is InChI=1S/C28H24F2IN7O2S2/c29-16-2-1-3-17(30)23(16)25-37-13-31-21(42-25)12-33-18-11-36-27-28(4-5-28)8-19(38(27)26(18)40)24(39)35-10-15-6-14-9-34-22(32)7-20(14)41-15/h1-3,6-7,9,11,19,33H,4-5,8,10,12-13H2,(H2,32,34)(H,35,39)/t19-/m0/s1. The van der Waals surface area contributed by atoms with Crippen molar-refractivity contribution in [2.75, 3.05) is 22.1 Å². The molecule has 0 unspecified atom stereocenters. The van der Waals surface area contributed by atoms with Gasteiger partial charge in [0, 0.05) is 29.4 Å². The SMILES string of the molecule is Nc1cc2sc(CNC(=O)[C@@H]3CC4(CC4)c4ncc(NCC5=ICN=C(c6c(F)cccc6F)S5)c(=O)n43)cc2cn1. The van der Waals surface area contributed by atoms with Gasteiger partial charge in [-0.3, -0.25) is 19.1 Å². The van der Waals surface area contributed by atoms with Crippen molar-refractivity contribution in [2.45, 2.75) is 37.3 Å². The highest BCUT2D eigenvalue weighted by Gasteiger charge is 2.56. The van der Waals surface area contributed by atoms with Crippen LogP contribution < -0.4 is 21.9 Å². The molecule has 14 heteroatoms. The quantitative estimate of drug-likeness (QED) is 0.144. The minimum Gasteiger partial charge on any atom is -0.384 e. The number of amides is 1. The summed E-state index contributed by atoms with van der Waals surface area (Å²) in [6, 6.07) is 6.90. The third-order valence-electron chi connectivity index (χ3n) is 7.64. The molecule has 9 nitrogen and oxygen atoms in total. The average Bonchev–Trinajstić information content (AvgIpc) is 3.52. The van der Waals surface area contributed by atoms with Crippen LogP contribution in [-0.4, -0.2) is 39.4 Å². The van der Waals surface area contributed by atoms with Crippen molar-refractivity contribution < 1.29 is 13.6 Å². The highest BCUT2D eigenvalue weighted by molar-refractivity contribution is 14.2. The molecule has 5 heterocycles. The van der Waals surface area contributed by atoms with Gasteiger partial charge in [0.05, 0.1) is 29.4 Å². The van der Waals surface area contributed by atoms with Gasteiger partial charge in [0.15, 0.2) is 0 Å². The number of nitrogens with two attached hydrogens (primary N) is 1. The summed E-state index contributed by atoms with van der Waals surface area (Å²) >= 11 is 2.31. The molecule has 1 aromatic carbocycles. The first kappa shape index (κ1) is 27.6. The zero-order chi connectivity index (χ0) is 29.0. The number of carbonyl (C=O) groups is 1. The molecular weight excluding hydrogens is 695 g/mol. The number of pyridine rings is 1. The van der Waals surface area contributed by atoms with Crippen molar-refractivity contribution in [1.29, 1.82) is 0 Å². The van der Waals surface area contributed by atoms with Crippen LogP contribution >= 0.6 is 43.8 Å². The molecule has 1 aliphatic carbocycles. The van der Waals surface area contributed by atoms with Crippen LogP contribution in [0.3, 0.4) is 0 Å². The normalized spacial score (nSPS) is 18.7. The summed E-state index contributed by atoms with van der Waals surface area (Å²) in [4.78, 5) is 41.2. The molecule has 1 fully saturated rings. The summed E-state index contributed by atoms with van der Waals surface area (Å²) in [7, 11) is 0. The van der Waals surface area contributed by atoms with Gasteiger partial charge in [-0.05, 0) is 43.5 Å². The molecule has 3 aromatic heterocycles. The number of hydrogen-bond donors (Lipinski definition) is 3. The van der Waals surface area contributed by atoms with Crippen LogP contribution in [0.25, 0.3) is 10.1 Å². The zero-order valence-electron chi connectivity index (χ0n) is 22.0. The van der Waals surface area contributed by atoms with Gasteiger partial charge in [-0.2, -0.15) is 0 Å². The Hall–Kier alpha value is -3.24. The van der Waals surface area contributed by atoms with E-state index in [9.17, 15) is 18.4 Å². The monoisotopic (exact) mass is 719 g/mol. The van der Waals surface area contributed by atoms with Crippen LogP contribution in [0.2, 0.25) is 0 Å². The second-order valence-corrected chi connectivity index (χ2v) is 16.1. The summed E-state index contributed by atoms with van der Waals surface area (Å²) in [6.45, 7) is 0.680. The summed E-state index contributed by atoms with van der Waals surface area (Å²) in [6.07, 6.45) is 5.60. The Kier molecular flexibility index (Phi) is 7.09. The lowest BCUT2D eigenvalue weighted by molar-refractivity contribution is -0.124. The molecule has 42 heavy (non-hydrogen) atoms. The van der Waals surface area contributed by atoms with Gasteiger partial charge in [0.25, 0.3) is 5.56 Å². The lowest BCUT2D eigenvalue weighted by Crippen LogP contribution is -2.36. The number of aliphatic imine (C=N–C) groups is 1. The molecule has 0 saturated heterocycles. The van der Waals surface area contributed by atoms with Crippen LogP contribution in [0.15, 0.2) is 52.5 Å². The first-order valence-electron chi connectivity index (χ1n) is 13.2. The van der Waals surface area contributed by atoms with E-state index >= 15 is 0 Å². The van der Waals surface area contributed by atoms with Gasteiger partial charge >= 0.3 is 0 Å². The predicted octanol–water partition coefficient (Wildman–Crippen LogP) is 4.67. The fourth-order valence-corrected chi connectivity index (χ4v) is 10.3. The summed E-state index contributed by atoms with van der Waals surface area (Å²) in [5.74, 6) is -0.405. The van der Waals surface area contributed by atoms with Crippen molar-refractivity contribution in [1.82, 2.24) is 19.9 Å². The second kappa shape index (κ2) is 10.8. The van der Waals surface area contributed by atoms with Crippen molar-refractivity contribution in [2.24, 2.45) is 4.99 Å². The van der Waals surface area contributed by atoms with E-state index in [1.54, 1.807) is 28.3 Å². The molecule has 4 aromatic rings. The summed E-state index contributed by atoms with van der Waals surface area (Å²) < 4.78 is 32.7. The number of nitrogen functional groups attached to an aromatic ring is 1. The number of hydrogen-bond acceptors (Lipinski definition) is 9. The largest absolute Gasteiger partial charge is 0.384 e. The van der Waals surface area contributed by atoms with E-state index in [1.807, 2.05) is 12.1 Å². The molecule has 7 rings (SSSR count). The van der Waals surface area contributed by atoms with Gasteiger partial charge in [0.1, 0.15) is 40.0 Å². The number of thioether (sulfide) groups is 1. The lowest BCUT2D eigenvalue weighted by Gasteiger charge is -2.17. The van der Waals surface area contributed by atoms with Crippen LogP contribution in [0.1, 0.15) is 41.6 Å². The number of nitrogens with zero attached hydrogens (tertiary/aromatic N) is 4. The third kappa shape index (κ3) is 5.02. The van der Waals surface area contributed by atoms with Gasteiger partial charge in [-0.1, -0.05) is 38.6 Å². The minimum atomic E-state index is -0.651. The van der Waals surface area contributed by atoms with Gasteiger partial charge < -0.3 is 16.4 Å². The molecule has 2 aliphatic heterocycles. The van der Waals surface area contributed by atoms with Gasteiger partial charge in [0.2, 0.25) is 5.91 Å². The van der Waals surface area contributed by atoms with Crippen LogP contribution in [0.5, 0.6) is 0 Å². The maximum atomic E-state index is 14.3. The fraction of sp³-hybridized carbons (Fsp3) is 0.286. The maximum Gasteiger partial charge on any atom is 0.277 e. The number of nitrogens with one attached hydrogen (secondary N) is 2. The number of rotatable bonds is 7. The Morgan fingerprint density at radius 2 is 1.98 bits per heavy atom. The number of fused-ring (bicyclic) bond motifs is 3. The van der Waals surface area contributed by atoms with E-state index < -0.39 is 38.4 Å². The molecule has 4 N–H and O–H groups in total. The van der Waals surface area contributed by atoms with E-state index in [2.05, 4.69) is 25.6 Å². The first-order chi connectivity index (χ1) is 20.3. The average molecular weight is 720 g/mol. The summed E-state index contributed by atoms with van der Waals surface area (Å²) in [5.41, 5.74) is 5.45. The predicted molar refractivity (Wildman–Crippen MR) is 172 cm³/mol. The zero-order valence-corrected chi connectivity index (χ0v) is 25.8. The smallest absolute Gasteiger partial charge is 0.277 e. The van der Waals surface area contributed by atoms with E-state index in [4.69, 9.17) is 5.73 Å². The van der Waals surface area contributed by atoms with Crippen LogP contribution in [0, 0.1) is 11.6 Å². The Morgan fingerprint density at radius 1 is 1.17 bits per heavy atom. The molecular formula is C28H24F2IN7O2S2. The molecule has 1 atom stereocenters. The number of benzene rings is 1. The third-order valence-corrected chi connectivity index (χ3v) is 12.9. The van der Waals surface area contributed by atoms with Gasteiger partial charge in [-0.25, -0.2) is 18.7 Å². The minimum absolute atomic E-state index is 0.122. The Labute approximate surface area is 256 Å². The highest BCUT2D eigenvalue weighted by atomic mass is 127. The van der Waals surface area contributed by atoms with Crippen molar-refractivity contribution in [3.8, 4) is 0 Å². The Balaban J connectivity index is 1.07. The molecule has 216 valence electrons. The van der Waals surface area contributed by atoms with Crippen molar-refractivity contribution >= 4 is 79.2 Å². The molecule has 1 saturated carbocycles. The van der Waals surface area contributed by atoms with E-state index in [1.165, 1.54) is 30.0 Å². The molecule has 1 spiro atoms. The van der Waals surface area contributed by atoms with E-state index in [0.29, 0.717) is 46.4 Å². The summed E-state index contributed by atoms with van der Waals surface area (Å²) in [5, 5.41) is 7.47. The van der Waals surface area contributed by atoms with Crippen LogP contribution in [-0.2, 0) is 16.8 Å². The second-order valence-electron chi connectivity index (χ2n) is 10.4. The molecule has 0 radical (unpaired) electrons. The lowest BCUT2D eigenvalue weighted by atomic mass is 10.0. The number of thiophene rings is 1. The molecule has 1 amide bonds. The highest BCUT2D eigenvalue weighted by Crippen LogP contribution is 2.56. The van der Waals surface area contributed by atoms with Gasteiger partial charge in [-0.15, -0.1) is 11.3 Å². The Morgan fingerprint density at radius 3 is 2.76 bits per heavy atom. The fourth-order valence-electron chi connectivity index (χ4n) is 5.39. The molecule has 3 aliphatic rings. The Bertz CT molecular complexity index is 1870. The maximum absolute atomic E-state index is 14.3. The number of carbonyl (C=O) groups excluding carboxylic acids is 1. The van der Waals surface area contributed by atoms with Crippen molar-refractivity contribution in [3.05, 3.63) is 81.0 Å². The van der Waals surface area contributed by atoms with Crippen molar-refractivity contribution in [3.63, 3.8) is 0 Å². The molecule has 0 bridgehead atoms. The topological polar surface area (TPSA) is 127 Å². The number of anilines is 2. The number of alkyl halides is 1. The number of aromatic nitrogens is 3. The van der Waals surface area contributed by atoms with E-state index in [0.717, 1.165) is 30.6 Å². The van der Waals surface area contributed by atoms with Crippen LogP contribution in [0.4, 0.5) is 20.3 Å². The number of halogens is 3. The first-order valence-corrected chi connectivity index (χ1v) is 17.4. The van der Waals surface area contributed by atoms with E-state index in [-0.39, 0.29) is 22.4 Å².